The second kappa shape index (κ2) is 10.9. The topological polar surface area (TPSA) is 91.7 Å². The molecule has 2 aromatic heterocycles. The number of pyridine rings is 1. The molecular formula is C26H30FN5O3. The van der Waals surface area contributed by atoms with Crippen molar-refractivity contribution in [1.29, 1.82) is 0 Å². The first kappa shape index (κ1) is 24.7. The molecule has 0 unspecified atom stereocenters. The van der Waals surface area contributed by atoms with Crippen LogP contribution in [0.15, 0.2) is 55.2 Å². The van der Waals surface area contributed by atoms with Crippen LogP contribution in [-0.2, 0) is 6.54 Å². The summed E-state index contributed by atoms with van der Waals surface area (Å²) in [5.41, 5.74) is 2.74. The molecule has 184 valence electrons. The van der Waals surface area contributed by atoms with Crippen LogP contribution in [0.4, 0.5) is 4.39 Å². The Balaban J connectivity index is 1.65. The maximum absolute atomic E-state index is 13.6. The Hall–Kier alpha value is -3.43. The Kier molecular flexibility index (Phi) is 7.67. The van der Waals surface area contributed by atoms with Crippen molar-refractivity contribution in [2.75, 3.05) is 26.7 Å². The van der Waals surface area contributed by atoms with Crippen LogP contribution in [-0.4, -0.2) is 74.7 Å². The zero-order valence-corrected chi connectivity index (χ0v) is 20.1. The molecule has 0 spiro atoms. The van der Waals surface area contributed by atoms with Crippen molar-refractivity contribution in [2.45, 2.75) is 32.5 Å². The van der Waals surface area contributed by atoms with Crippen molar-refractivity contribution < 1.29 is 19.0 Å². The average molecular weight is 480 g/mol. The molecule has 3 aromatic rings. The summed E-state index contributed by atoms with van der Waals surface area (Å²) in [6.07, 6.45) is 6.44. The SMILES string of the molecule is C[C@@H]1CN([C@@H](C)CO)C(=O)c2cc(-c3ccc(F)cc3)cnc2O[C@@H]1CN(C)Cc1cncnc1. The fraction of sp³-hybridized carbons (Fsp3) is 0.385. The number of benzene rings is 1. The average Bonchev–Trinajstić information content (AvgIpc) is 2.86. The van der Waals surface area contributed by atoms with Gasteiger partial charge in [-0.25, -0.2) is 19.3 Å². The lowest BCUT2D eigenvalue weighted by Gasteiger charge is -2.37. The van der Waals surface area contributed by atoms with Crippen molar-refractivity contribution >= 4 is 5.91 Å². The van der Waals surface area contributed by atoms with Gasteiger partial charge in [-0.2, -0.15) is 0 Å². The van der Waals surface area contributed by atoms with Crippen LogP contribution in [0.5, 0.6) is 5.88 Å². The first-order chi connectivity index (χ1) is 16.9. The van der Waals surface area contributed by atoms with Crippen LogP contribution in [0.25, 0.3) is 11.1 Å². The first-order valence-corrected chi connectivity index (χ1v) is 11.6. The number of carbonyl (C=O) groups excluding carboxylic acids is 1. The molecule has 4 rings (SSSR count). The van der Waals surface area contributed by atoms with E-state index in [4.69, 9.17) is 4.74 Å². The number of hydrogen-bond acceptors (Lipinski definition) is 7. The number of aliphatic hydroxyl groups excluding tert-OH is 1. The molecule has 8 nitrogen and oxygen atoms in total. The molecule has 1 aliphatic heterocycles. The Morgan fingerprint density at radius 1 is 1.20 bits per heavy atom. The molecule has 3 heterocycles. The third kappa shape index (κ3) is 5.80. The van der Waals surface area contributed by atoms with Gasteiger partial charge in [0, 0.05) is 55.3 Å². The highest BCUT2D eigenvalue weighted by molar-refractivity contribution is 5.98. The minimum Gasteiger partial charge on any atom is -0.472 e. The molecule has 3 atom stereocenters. The molecule has 0 aliphatic carbocycles. The third-order valence-corrected chi connectivity index (χ3v) is 6.26. The van der Waals surface area contributed by atoms with Gasteiger partial charge in [0.05, 0.1) is 12.6 Å². The Morgan fingerprint density at radius 3 is 2.60 bits per heavy atom. The third-order valence-electron chi connectivity index (χ3n) is 6.26. The number of rotatable bonds is 7. The fourth-order valence-electron chi connectivity index (χ4n) is 4.22. The van der Waals surface area contributed by atoms with Gasteiger partial charge in [0.25, 0.3) is 5.91 Å². The molecule has 35 heavy (non-hydrogen) atoms. The molecule has 1 amide bonds. The van der Waals surface area contributed by atoms with E-state index in [1.165, 1.54) is 18.5 Å². The van der Waals surface area contributed by atoms with Crippen molar-refractivity contribution in [3.8, 4) is 17.0 Å². The Bertz CT molecular complexity index is 1150. The molecule has 0 bridgehead atoms. The van der Waals surface area contributed by atoms with Crippen molar-refractivity contribution in [3.63, 3.8) is 0 Å². The standard InChI is InChI=1S/C26H30FN5O3/c1-17-12-32(18(2)15-33)26(34)23-8-21(20-4-6-22(27)7-5-20)11-30-25(23)35-24(17)14-31(3)13-19-9-28-16-29-10-19/h4-11,16-18,24,33H,12-15H2,1-3H3/t17-,18+,24-/m1/s1. The van der Waals surface area contributed by atoms with Gasteiger partial charge in [0.2, 0.25) is 5.88 Å². The summed E-state index contributed by atoms with van der Waals surface area (Å²) in [7, 11) is 1.99. The Labute approximate surface area is 204 Å². The maximum atomic E-state index is 13.6. The van der Waals surface area contributed by atoms with Crippen LogP contribution in [0.2, 0.25) is 0 Å². The van der Waals surface area contributed by atoms with Gasteiger partial charge >= 0.3 is 0 Å². The lowest BCUT2D eigenvalue weighted by molar-refractivity contribution is 0.0325. The lowest BCUT2D eigenvalue weighted by Crippen LogP contribution is -2.49. The van der Waals surface area contributed by atoms with Crippen molar-refractivity contribution in [2.24, 2.45) is 5.92 Å². The van der Waals surface area contributed by atoms with Crippen LogP contribution in [0, 0.1) is 11.7 Å². The van der Waals surface area contributed by atoms with E-state index in [2.05, 4.69) is 19.9 Å². The van der Waals surface area contributed by atoms with Gasteiger partial charge in [-0.1, -0.05) is 19.1 Å². The van der Waals surface area contributed by atoms with Gasteiger partial charge < -0.3 is 14.7 Å². The molecule has 0 fully saturated rings. The number of fused-ring (bicyclic) bond motifs is 1. The highest BCUT2D eigenvalue weighted by Gasteiger charge is 2.34. The van der Waals surface area contributed by atoms with E-state index in [9.17, 15) is 14.3 Å². The smallest absolute Gasteiger partial charge is 0.259 e. The monoisotopic (exact) mass is 479 g/mol. The number of aliphatic hydroxyl groups is 1. The van der Waals surface area contributed by atoms with Gasteiger partial charge in [-0.05, 0) is 37.7 Å². The predicted octanol–water partition coefficient (Wildman–Crippen LogP) is 3.03. The number of nitrogens with zero attached hydrogens (tertiary/aromatic N) is 5. The second-order valence-corrected chi connectivity index (χ2v) is 9.15. The molecule has 1 N–H and O–H groups in total. The van der Waals surface area contributed by atoms with Crippen LogP contribution in [0.3, 0.4) is 0 Å². The Morgan fingerprint density at radius 2 is 1.91 bits per heavy atom. The summed E-state index contributed by atoms with van der Waals surface area (Å²) >= 11 is 0. The molecule has 9 heteroatoms. The molecule has 1 aliphatic rings. The number of carbonyl (C=O) groups is 1. The van der Waals surface area contributed by atoms with E-state index in [1.807, 2.05) is 20.9 Å². The van der Waals surface area contributed by atoms with E-state index in [-0.39, 0.29) is 42.3 Å². The molecule has 0 radical (unpaired) electrons. The summed E-state index contributed by atoms with van der Waals surface area (Å²) in [5, 5.41) is 9.84. The largest absolute Gasteiger partial charge is 0.472 e. The molecule has 0 saturated carbocycles. The van der Waals surface area contributed by atoms with E-state index >= 15 is 0 Å². The lowest BCUT2D eigenvalue weighted by atomic mass is 9.99. The highest BCUT2D eigenvalue weighted by atomic mass is 19.1. The first-order valence-electron chi connectivity index (χ1n) is 11.6. The van der Waals surface area contributed by atoms with E-state index in [0.29, 0.717) is 30.8 Å². The number of likely N-dealkylation sites (N-methyl/N-ethyl adjacent to an activating group) is 1. The summed E-state index contributed by atoms with van der Waals surface area (Å²) in [5.74, 6) is -0.352. The van der Waals surface area contributed by atoms with E-state index in [0.717, 1.165) is 11.1 Å². The maximum Gasteiger partial charge on any atom is 0.259 e. The molecular weight excluding hydrogens is 449 g/mol. The van der Waals surface area contributed by atoms with Crippen LogP contribution >= 0.6 is 0 Å². The van der Waals surface area contributed by atoms with Crippen molar-refractivity contribution in [3.05, 3.63) is 72.2 Å². The van der Waals surface area contributed by atoms with Gasteiger partial charge in [0.15, 0.2) is 0 Å². The summed E-state index contributed by atoms with van der Waals surface area (Å²) in [6.45, 7) is 5.36. The quantitative estimate of drug-likeness (QED) is 0.557. The summed E-state index contributed by atoms with van der Waals surface area (Å²) in [4.78, 5) is 30.0. The fourth-order valence-corrected chi connectivity index (χ4v) is 4.22. The number of ether oxygens (including phenoxy) is 1. The van der Waals surface area contributed by atoms with Crippen LogP contribution in [0.1, 0.15) is 29.8 Å². The van der Waals surface area contributed by atoms with Crippen LogP contribution < -0.4 is 4.74 Å². The minimum absolute atomic E-state index is 0.0193. The number of halogens is 1. The summed E-state index contributed by atoms with van der Waals surface area (Å²) in [6, 6.07) is 7.39. The number of hydrogen-bond donors (Lipinski definition) is 1. The molecule has 1 aromatic carbocycles. The zero-order chi connectivity index (χ0) is 24.9. The minimum atomic E-state index is -0.370. The predicted molar refractivity (Wildman–Crippen MR) is 129 cm³/mol. The summed E-state index contributed by atoms with van der Waals surface area (Å²) < 4.78 is 19.8. The number of amides is 1. The van der Waals surface area contributed by atoms with Gasteiger partial charge in [-0.15, -0.1) is 0 Å². The van der Waals surface area contributed by atoms with E-state index < -0.39 is 0 Å². The normalized spacial score (nSPS) is 19.0. The molecule has 0 saturated heterocycles. The van der Waals surface area contributed by atoms with Crippen molar-refractivity contribution in [1.82, 2.24) is 24.8 Å². The van der Waals surface area contributed by atoms with Gasteiger partial charge in [0.1, 0.15) is 23.8 Å². The highest BCUT2D eigenvalue weighted by Crippen LogP contribution is 2.30. The zero-order valence-electron chi connectivity index (χ0n) is 20.1. The van der Waals surface area contributed by atoms with Gasteiger partial charge in [-0.3, -0.25) is 9.69 Å². The number of aromatic nitrogens is 3. The second-order valence-electron chi connectivity index (χ2n) is 9.15. The van der Waals surface area contributed by atoms with E-state index in [1.54, 1.807) is 41.7 Å².